The summed E-state index contributed by atoms with van der Waals surface area (Å²) in [7, 11) is 0. The van der Waals surface area contributed by atoms with Crippen LogP contribution in [0, 0.1) is 34.5 Å². The van der Waals surface area contributed by atoms with Crippen LogP contribution in [-0.4, -0.2) is 12.5 Å². The molecule has 0 aromatic rings. The monoisotopic (exact) mass is 249 g/mol. The minimum atomic E-state index is 0.346. The third-order valence-electron chi connectivity index (χ3n) is 6.77. The summed E-state index contributed by atoms with van der Waals surface area (Å²) in [6.07, 6.45) is 6.29. The fourth-order valence-electron chi connectivity index (χ4n) is 6.14. The van der Waals surface area contributed by atoms with Gasteiger partial charge in [-0.15, -0.1) is 0 Å². The van der Waals surface area contributed by atoms with Gasteiger partial charge in [-0.2, -0.15) is 0 Å². The Bertz CT molecular complexity index is 366. The standard InChI is InChI=1S/C16H27NO/c1-10(2)11-8-16(4)13-5-6-15(3,7-12(11)13)14(16)17-9-18/h9-14H,5-8H2,1-4H3,(H,17,18)/t11-,12+,13+,14-,15-,16-/m0/s1. The summed E-state index contributed by atoms with van der Waals surface area (Å²) in [4.78, 5) is 11.0. The van der Waals surface area contributed by atoms with Crippen molar-refractivity contribution in [2.45, 2.75) is 59.4 Å². The molecule has 2 heteroatoms. The first-order chi connectivity index (χ1) is 8.42. The number of fused-ring (bicyclic) bond motifs is 1. The second-order valence-electron chi connectivity index (χ2n) is 8.00. The van der Waals surface area contributed by atoms with Crippen LogP contribution in [0.3, 0.4) is 0 Å². The van der Waals surface area contributed by atoms with E-state index in [2.05, 4.69) is 33.0 Å². The van der Waals surface area contributed by atoms with Gasteiger partial charge in [-0.1, -0.05) is 27.7 Å². The van der Waals surface area contributed by atoms with Crippen molar-refractivity contribution in [2.75, 3.05) is 0 Å². The van der Waals surface area contributed by atoms with Gasteiger partial charge in [0.05, 0.1) is 0 Å². The molecule has 6 atom stereocenters. The van der Waals surface area contributed by atoms with E-state index in [-0.39, 0.29) is 0 Å². The van der Waals surface area contributed by atoms with Crippen LogP contribution in [0.2, 0.25) is 0 Å². The van der Waals surface area contributed by atoms with Crippen molar-refractivity contribution in [3.05, 3.63) is 0 Å². The topological polar surface area (TPSA) is 29.1 Å². The number of carbonyl (C=O) groups excluding carboxylic acids is 1. The quantitative estimate of drug-likeness (QED) is 0.765. The summed E-state index contributed by atoms with van der Waals surface area (Å²) < 4.78 is 0. The molecule has 0 heterocycles. The van der Waals surface area contributed by atoms with Crippen molar-refractivity contribution >= 4 is 6.41 Å². The van der Waals surface area contributed by atoms with E-state index in [9.17, 15) is 4.79 Å². The first-order valence-electron chi connectivity index (χ1n) is 7.62. The van der Waals surface area contributed by atoms with E-state index < -0.39 is 0 Å². The Hall–Kier alpha value is -0.530. The molecule has 18 heavy (non-hydrogen) atoms. The maximum absolute atomic E-state index is 11.0. The van der Waals surface area contributed by atoms with Crippen molar-refractivity contribution in [2.24, 2.45) is 34.5 Å². The second kappa shape index (κ2) is 3.74. The fourth-order valence-corrected chi connectivity index (χ4v) is 6.14. The SMILES string of the molecule is CC(C)[C@@H]1C[C@@]2(C)[C@@H]3CC[C@@](C)(C[C@@H]31)[C@@H]2NC=O. The smallest absolute Gasteiger partial charge is 0.207 e. The zero-order valence-corrected chi connectivity index (χ0v) is 12.2. The maximum Gasteiger partial charge on any atom is 0.207 e. The Kier molecular flexibility index (Phi) is 2.60. The minimum Gasteiger partial charge on any atom is -0.355 e. The van der Waals surface area contributed by atoms with Crippen LogP contribution in [0.1, 0.15) is 53.4 Å². The minimum absolute atomic E-state index is 0.346. The Labute approximate surface area is 111 Å². The molecule has 4 fully saturated rings. The van der Waals surface area contributed by atoms with Crippen LogP contribution in [0.4, 0.5) is 0 Å². The van der Waals surface area contributed by atoms with Gasteiger partial charge in [-0.25, -0.2) is 0 Å². The Morgan fingerprint density at radius 3 is 2.61 bits per heavy atom. The number of rotatable bonds is 3. The van der Waals surface area contributed by atoms with E-state index in [0.717, 1.165) is 30.1 Å². The van der Waals surface area contributed by atoms with E-state index in [4.69, 9.17) is 0 Å². The highest BCUT2D eigenvalue weighted by atomic mass is 16.1. The Morgan fingerprint density at radius 2 is 2.00 bits per heavy atom. The van der Waals surface area contributed by atoms with Gasteiger partial charge >= 0.3 is 0 Å². The van der Waals surface area contributed by atoms with Crippen molar-refractivity contribution < 1.29 is 4.79 Å². The van der Waals surface area contributed by atoms with Crippen LogP contribution in [0.15, 0.2) is 0 Å². The van der Waals surface area contributed by atoms with Crippen LogP contribution >= 0.6 is 0 Å². The van der Waals surface area contributed by atoms with Crippen molar-refractivity contribution in [3.8, 4) is 0 Å². The molecule has 4 aliphatic carbocycles. The van der Waals surface area contributed by atoms with Gasteiger partial charge in [-0.05, 0) is 60.2 Å². The summed E-state index contributed by atoms with van der Waals surface area (Å²) in [6, 6.07) is 0.404. The molecule has 102 valence electrons. The number of nitrogens with one attached hydrogen (secondary N) is 1. The highest BCUT2D eigenvalue weighted by Crippen LogP contribution is 2.70. The summed E-state index contributed by atoms with van der Waals surface area (Å²) in [5.74, 6) is 3.43. The summed E-state index contributed by atoms with van der Waals surface area (Å²) >= 11 is 0. The molecule has 4 rings (SSSR count). The average Bonchev–Trinajstić information content (AvgIpc) is 2.55. The molecule has 0 aromatic heterocycles. The fraction of sp³-hybridized carbons (Fsp3) is 0.938. The summed E-state index contributed by atoms with van der Waals surface area (Å²) in [5, 5.41) is 3.20. The molecule has 0 radical (unpaired) electrons. The molecule has 2 nitrogen and oxygen atoms in total. The number of amides is 1. The molecule has 0 unspecified atom stereocenters. The molecule has 1 amide bonds. The van der Waals surface area contributed by atoms with Crippen LogP contribution in [0.5, 0.6) is 0 Å². The Morgan fingerprint density at radius 1 is 1.28 bits per heavy atom. The van der Waals surface area contributed by atoms with Gasteiger partial charge in [0.2, 0.25) is 6.41 Å². The van der Waals surface area contributed by atoms with E-state index in [1.165, 1.54) is 25.7 Å². The largest absolute Gasteiger partial charge is 0.355 e. The van der Waals surface area contributed by atoms with Gasteiger partial charge in [0, 0.05) is 6.04 Å². The zero-order valence-electron chi connectivity index (χ0n) is 12.2. The molecule has 0 saturated heterocycles. The highest BCUT2D eigenvalue weighted by Gasteiger charge is 2.66. The van der Waals surface area contributed by atoms with Crippen LogP contribution in [-0.2, 0) is 4.79 Å². The average molecular weight is 249 g/mol. The predicted molar refractivity (Wildman–Crippen MR) is 73.0 cm³/mol. The second-order valence-corrected chi connectivity index (χ2v) is 8.00. The van der Waals surface area contributed by atoms with Gasteiger partial charge in [-0.3, -0.25) is 4.79 Å². The molecule has 4 aliphatic rings. The van der Waals surface area contributed by atoms with Crippen LogP contribution < -0.4 is 5.32 Å². The molecule has 0 spiro atoms. The van der Waals surface area contributed by atoms with Crippen LogP contribution in [0.25, 0.3) is 0 Å². The molecule has 4 bridgehead atoms. The molecule has 0 aliphatic heterocycles. The van der Waals surface area contributed by atoms with Gasteiger partial charge in [0.25, 0.3) is 0 Å². The molecule has 0 aromatic carbocycles. The first-order valence-corrected chi connectivity index (χ1v) is 7.62. The molecule has 4 saturated carbocycles. The summed E-state index contributed by atoms with van der Waals surface area (Å²) in [6.45, 7) is 9.63. The maximum atomic E-state index is 11.0. The molecule has 1 N–H and O–H groups in total. The number of hydrogen-bond donors (Lipinski definition) is 1. The lowest BCUT2D eigenvalue weighted by Gasteiger charge is -2.59. The highest BCUT2D eigenvalue weighted by molar-refractivity contribution is 5.48. The van der Waals surface area contributed by atoms with E-state index in [1.807, 2.05) is 0 Å². The van der Waals surface area contributed by atoms with Gasteiger partial charge in [0.15, 0.2) is 0 Å². The third kappa shape index (κ3) is 1.38. The zero-order chi connectivity index (χ0) is 13.1. The summed E-state index contributed by atoms with van der Waals surface area (Å²) in [5.41, 5.74) is 0.699. The van der Waals surface area contributed by atoms with E-state index >= 15 is 0 Å². The van der Waals surface area contributed by atoms with Gasteiger partial charge in [0.1, 0.15) is 0 Å². The van der Waals surface area contributed by atoms with Crippen molar-refractivity contribution in [1.29, 1.82) is 0 Å². The molecular formula is C16H27NO. The van der Waals surface area contributed by atoms with E-state index in [0.29, 0.717) is 16.9 Å². The van der Waals surface area contributed by atoms with Crippen molar-refractivity contribution in [1.82, 2.24) is 5.32 Å². The third-order valence-corrected chi connectivity index (χ3v) is 6.77. The normalized spacial score (nSPS) is 53.8. The first kappa shape index (κ1) is 12.5. The number of hydrogen-bond acceptors (Lipinski definition) is 1. The predicted octanol–water partition coefficient (Wildman–Crippen LogP) is 3.22. The lowest BCUT2D eigenvalue weighted by Crippen LogP contribution is -2.62. The lowest BCUT2D eigenvalue weighted by atomic mass is 9.48. The molecular weight excluding hydrogens is 222 g/mol. The van der Waals surface area contributed by atoms with E-state index in [1.54, 1.807) is 0 Å². The van der Waals surface area contributed by atoms with Gasteiger partial charge < -0.3 is 5.32 Å². The lowest BCUT2D eigenvalue weighted by molar-refractivity contribution is -0.120. The van der Waals surface area contributed by atoms with Crippen molar-refractivity contribution in [3.63, 3.8) is 0 Å². The number of carbonyl (C=O) groups is 1. The Balaban J connectivity index is 2.00.